The minimum absolute atomic E-state index is 0.0248. The van der Waals surface area contributed by atoms with Crippen LogP contribution >= 0.6 is 12.2 Å². The van der Waals surface area contributed by atoms with E-state index in [2.05, 4.69) is 10.6 Å². The van der Waals surface area contributed by atoms with E-state index < -0.39 is 0 Å². The third-order valence-corrected chi connectivity index (χ3v) is 5.12. The lowest BCUT2D eigenvalue weighted by atomic mass is 10.1. The molecule has 0 saturated carbocycles. The summed E-state index contributed by atoms with van der Waals surface area (Å²) in [5.41, 5.74) is 2.78. The number of hydrogen-bond acceptors (Lipinski definition) is 4. The molecule has 1 amide bonds. The van der Waals surface area contributed by atoms with E-state index in [4.69, 9.17) is 21.7 Å². The molecule has 6 nitrogen and oxygen atoms in total. The zero-order valence-electron chi connectivity index (χ0n) is 17.7. The smallest absolute Gasteiger partial charge is 0.227 e. The van der Waals surface area contributed by atoms with E-state index in [0.717, 1.165) is 41.4 Å². The van der Waals surface area contributed by atoms with Gasteiger partial charge in [-0.05, 0) is 75.3 Å². The number of hydrogen-bond donors (Lipinski definition) is 2. The van der Waals surface area contributed by atoms with Gasteiger partial charge in [-0.1, -0.05) is 12.1 Å². The van der Waals surface area contributed by atoms with Gasteiger partial charge in [0.05, 0.1) is 19.3 Å². The lowest BCUT2D eigenvalue weighted by Crippen LogP contribution is -2.31. The number of ether oxygens (including phenoxy) is 2. The second-order valence-corrected chi connectivity index (χ2v) is 7.50. The molecule has 1 atom stereocenters. The fourth-order valence-corrected chi connectivity index (χ4v) is 3.75. The summed E-state index contributed by atoms with van der Waals surface area (Å²) in [4.78, 5) is 13.8. The predicted octanol–water partition coefficient (Wildman–Crippen LogP) is 4.66. The molecule has 0 aliphatic carbocycles. The number of nitrogens with one attached hydrogen (secondary N) is 2. The van der Waals surface area contributed by atoms with Crippen molar-refractivity contribution in [2.75, 3.05) is 30.0 Å². The molecule has 1 saturated heterocycles. The van der Waals surface area contributed by atoms with Crippen LogP contribution in [0.15, 0.2) is 42.5 Å². The maximum absolute atomic E-state index is 12.0. The Kier molecular flexibility index (Phi) is 7.52. The van der Waals surface area contributed by atoms with Crippen molar-refractivity contribution in [2.24, 2.45) is 0 Å². The maximum Gasteiger partial charge on any atom is 0.227 e. The largest absolute Gasteiger partial charge is 0.490 e. The van der Waals surface area contributed by atoms with Gasteiger partial charge in [0, 0.05) is 24.3 Å². The Balaban J connectivity index is 1.65. The molecule has 2 aromatic carbocycles. The molecule has 0 spiro atoms. The average Bonchev–Trinajstić information content (AvgIpc) is 3.15. The molecule has 0 bridgehead atoms. The molecule has 7 heteroatoms. The fraction of sp³-hybridized carbons (Fsp3) is 0.391. The molecule has 30 heavy (non-hydrogen) atoms. The molecule has 1 fully saturated rings. The number of thiocarbonyl (C=S) groups is 1. The Morgan fingerprint density at radius 3 is 2.60 bits per heavy atom. The molecule has 2 N–H and O–H groups in total. The van der Waals surface area contributed by atoms with Crippen LogP contribution in [0.2, 0.25) is 0 Å². The van der Waals surface area contributed by atoms with Crippen LogP contribution < -0.4 is 25.0 Å². The molecule has 0 aromatic heterocycles. The molecule has 0 unspecified atom stereocenters. The van der Waals surface area contributed by atoms with Crippen LogP contribution in [0.25, 0.3) is 0 Å². The summed E-state index contributed by atoms with van der Waals surface area (Å²) in [5, 5.41) is 7.04. The lowest BCUT2D eigenvalue weighted by Gasteiger charge is -2.20. The summed E-state index contributed by atoms with van der Waals surface area (Å²) >= 11 is 5.51. The van der Waals surface area contributed by atoms with E-state index in [0.29, 0.717) is 24.7 Å². The topological polar surface area (TPSA) is 62.8 Å². The van der Waals surface area contributed by atoms with Gasteiger partial charge in [-0.15, -0.1) is 0 Å². The first-order valence-electron chi connectivity index (χ1n) is 10.4. The van der Waals surface area contributed by atoms with Crippen LogP contribution in [0, 0.1) is 0 Å². The number of benzene rings is 2. The van der Waals surface area contributed by atoms with Gasteiger partial charge >= 0.3 is 0 Å². The Bertz CT molecular complexity index is 903. The van der Waals surface area contributed by atoms with Gasteiger partial charge in [0.15, 0.2) is 16.6 Å². The Hall–Kier alpha value is -2.80. The summed E-state index contributed by atoms with van der Waals surface area (Å²) in [6, 6.07) is 13.7. The number of carbonyl (C=O) groups excluding carboxylic acids is 1. The third-order valence-electron chi connectivity index (χ3n) is 4.90. The summed E-state index contributed by atoms with van der Waals surface area (Å²) < 4.78 is 11.4. The monoisotopic (exact) mass is 427 g/mol. The zero-order chi connectivity index (χ0) is 21.5. The molecule has 1 heterocycles. The van der Waals surface area contributed by atoms with Crippen molar-refractivity contribution in [1.29, 1.82) is 0 Å². The molecule has 1 aliphatic rings. The normalized spacial score (nSPS) is 14.4. The highest BCUT2D eigenvalue weighted by atomic mass is 32.1. The quantitative estimate of drug-likeness (QED) is 0.598. The number of anilines is 2. The first-order valence-corrected chi connectivity index (χ1v) is 10.8. The van der Waals surface area contributed by atoms with Crippen LogP contribution in [0.1, 0.15) is 45.2 Å². The Morgan fingerprint density at radius 2 is 1.90 bits per heavy atom. The highest BCUT2D eigenvalue weighted by Crippen LogP contribution is 2.31. The second kappa shape index (κ2) is 10.3. The lowest BCUT2D eigenvalue weighted by molar-refractivity contribution is -0.117. The molecule has 160 valence electrons. The van der Waals surface area contributed by atoms with E-state index >= 15 is 0 Å². The van der Waals surface area contributed by atoms with E-state index in [1.54, 1.807) is 0 Å². The fourth-order valence-electron chi connectivity index (χ4n) is 3.46. The van der Waals surface area contributed by atoms with Gasteiger partial charge in [-0.25, -0.2) is 0 Å². The van der Waals surface area contributed by atoms with Gasteiger partial charge in [0.2, 0.25) is 5.91 Å². The summed E-state index contributed by atoms with van der Waals surface area (Å²) in [5.74, 6) is 1.64. The van der Waals surface area contributed by atoms with Crippen molar-refractivity contribution in [3.05, 3.63) is 48.0 Å². The summed E-state index contributed by atoms with van der Waals surface area (Å²) in [7, 11) is 0. The molecule has 0 radical (unpaired) electrons. The van der Waals surface area contributed by atoms with Gasteiger partial charge in [0.25, 0.3) is 0 Å². The first-order chi connectivity index (χ1) is 14.5. The highest BCUT2D eigenvalue weighted by molar-refractivity contribution is 7.80. The van der Waals surface area contributed by atoms with Gasteiger partial charge in [-0.2, -0.15) is 0 Å². The zero-order valence-corrected chi connectivity index (χ0v) is 18.6. The molecule has 3 rings (SSSR count). The third kappa shape index (κ3) is 5.42. The van der Waals surface area contributed by atoms with E-state index in [-0.39, 0.29) is 11.9 Å². The van der Waals surface area contributed by atoms with Crippen LogP contribution in [-0.2, 0) is 4.79 Å². The second-order valence-electron chi connectivity index (χ2n) is 7.09. The van der Waals surface area contributed by atoms with Gasteiger partial charge in [0.1, 0.15) is 0 Å². The Labute approximate surface area is 183 Å². The van der Waals surface area contributed by atoms with Crippen LogP contribution in [-0.4, -0.2) is 30.8 Å². The number of carbonyl (C=O) groups is 1. The van der Waals surface area contributed by atoms with Crippen LogP contribution in [0.5, 0.6) is 11.5 Å². The first kappa shape index (κ1) is 21.9. The van der Waals surface area contributed by atoms with Crippen LogP contribution in [0.4, 0.5) is 11.4 Å². The maximum atomic E-state index is 12.0. The van der Waals surface area contributed by atoms with Crippen LogP contribution in [0.3, 0.4) is 0 Å². The van der Waals surface area contributed by atoms with Crippen molar-refractivity contribution in [2.45, 2.75) is 39.7 Å². The highest BCUT2D eigenvalue weighted by Gasteiger charge is 2.21. The number of rotatable bonds is 8. The molecular weight excluding hydrogens is 398 g/mol. The predicted molar refractivity (Wildman–Crippen MR) is 125 cm³/mol. The molecule has 1 aliphatic heterocycles. The SMILES string of the molecule is CCOc1ccc([C@@H](C)NC(=S)Nc2cccc(N3CCCC3=O)c2)cc1OCC. The minimum atomic E-state index is -0.0248. The minimum Gasteiger partial charge on any atom is -0.490 e. The number of nitrogens with zero attached hydrogens (tertiary/aromatic N) is 1. The molecular formula is C23H29N3O3S. The van der Waals surface area contributed by atoms with Gasteiger partial charge in [-0.3, -0.25) is 4.79 Å². The average molecular weight is 428 g/mol. The van der Waals surface area contributed by atoms with Crippen molar-refractivity contribution in [1.82, 2.24) is 5.32 Å². The van der Waals surface area contributed by atoms with Gasteiger partial charge < -0.3 is 25.0 Å². The Morgan fingerprint density at radius 1 is 1.13 bits per heavy atom. The van der Waals surface area contributed by atoms with E-state index in [9.17, 15) is 4.79 Å². The summed E-state index contributed by atoms with van der Waals surface area (Å²) in [6.07, 6.45) is 1.51. The van der Waals surface area contributed by atoms with E-state index in [1.165, 1.54) is 0 Å². The standard InChI is InChI=1S/C23H29N3O3S/c1-4-28-20-12-11-17(14-21(20)29-5-2)16(3)24-23(30)25-18-8-6-9-19(15-18)26-13-7-10-22(26)27/h6,8-9,11-12,14-16H,4-5,7,10,13H2,1-3H3,(H2,24,25,30)/t16-/m1/s1. The van der Waals surface area contributed by atoms with E-state index in [1.807, 2.05) is 68.1 Å². The van der Waals surface area contributed by atoms with Crippen molar-refractivity contribution in [3.63, 3.8) is 0 Å². The molecule has 2 aromatic rings. The number of amides is 1. The van der Waals surface area contributed by atoms with Crippen molar-refractivity contribution >= 4 is 34.6 Å². The summed E-state index contributed by atoms with van der Waals surface area (Å²) in [6.45, 7) is 7.87. The van der Waals surface area contributed by atoms with Crippen molar-refractivity contribution < 1.29 is 14.3 Å². The van der Waals surface area contributed by atoms with Crippen molar-refractivity contribution in [3.8, 4) is 11.5 Å².